The summed E-state index contributed by atoms with van der Waals surface area (Å²) in [4.78, 5) is 8.19. The van der Waals surface area contributed by atoms with Gasteiger partial charge in [-0.3, -0.25) is 0 Å². The Morgan fingerprint density at radius 1 is 1.39 bits per heavy atom. The Bertz CT molecular complexity index is 645. The van der Waals surface area contributed by atoms with Crippen LogP contribution in [-0.2, 0) is 4.74 Å². The fourth-order valence-corrected chi connectivity index (χ4v) is 2.35. The average Bonchev–Trinajstić information content (AvgIpc) is 2.59. The molecule has 1 aromatic carbocycles. The van der Waals surface area contributed by atoms with Crippen LogP contribution in [0.15, 0.2) is 30.6 Å². The highest BCUT2D eigenvalue weighted by atomic mass is 19.1. The third kappa shape index (κ3) is 3.94. The maximum absolute atomic E-state index is 14.3. The zero-order valence-corrected chi connectivity index (χ0v) is 12.9. The van der Waals surface area contributed by atoms with Gasteiger partial charge < -0.3 is 20.1 Å². The molecule has 7 heteroatoms. The van der Waals surface area contributed by atoms with E-state index in [1.54, 1.807) is 18.5 Å². The fourth-order valence-electron chi connectivity index (χ4n) is 2.35. The molecule has 0 aliphatic carbocycles. The van der Waals surface area contributed by atoms with Crippen LogP contribution in [0.4, 0.5) is 16.0 Å². The topological polar surface area (TPSA) is 68.3 Å². The Kier molecular flexibility index (Phi) is 4.99. The maximum Gasteiger partial charge on any atom is 0.227 e. The number of morpholine rings is 1. The first-order chi connectivity index (χ1) is 11.3. The third-order valence-corrected chi connectivity index (χ3v) is 3.48. The number of nitrogens with zero attached hydrogens (tertiary/aromatic N) is 2. The van der Waals surface area contributed by atoms with E-state index in [1.807, 2.05) is 13.0 Å². The van der Waals surface area contributed by atoms with Gasteiger partial charge in [0.2, 0.25) is 5.95 Å². The second-order valence-electron chi connectivity index (χ2n) is 5.10. The molecule has 1 aromatic heterocycles. The van der Waals surface area contributed by atoms with Crippen LogP contribution >= 0.6 is 0 Å². The summed E-state index contributed by atoms with van der Waals surface area (Å²) in [7, 11) is 0. The minimum atomic E-state index is -0.367. The molecule has 0 amide bonds. The molecule has 3 rings (SSSR count). The first-order valence-electron chi connectivity index (χ1n) is 7.60. The molecule has 0 spiro atoms. The number of hydrogen-bond donors (Lipinski definition) is 2. The van der Waals surface area contributed by atoms with Gasteiger partial charge in [-0.2, -0.15) is 0 Å². The molecule has 1 fully saturated rings. The van der Waals surface area contributed by atoms with Crippen LogP contribution in [0.1, 0.15) is 18.6 Å². The highest BCUT2D eigenvalue weighted by molar-refractivity contribution is 5.55. The number of halogens is 1. The maximum atomic E-state index is 14.3. The molecule has 1 aliphatic rings. The van der Waals surface area contributed by atoms with Gasteiger partial charge in [0.25, 0.3) is 0 Å². The smallest absolute Gasteiger partial charge is 0.227 e. The highest BCUT2D eigenvalue weighted by Crippen LogP contribution is 2.25. The van der Waals surface area contributed by atoms with Crippen molar-refractivity contribution < 1.29 is 13.9 Å². The molecule has 2 heterocycles. The number of ether oxygens (including phenoxy) is 2. The monoisotopic (exact) mass is 318 g/mol. The van der Waals surface area contributed by atoms with Crippen LogP contribution in [0, 0.1) is 5.82 Å². The van der Waals surface area contributed by atoms with Crippen LogP contribution in [0.2, 0.25) is 0 Å². The van der Waals surface area contributed by atoms with Crippen molar-refractivity contribution >= 4 is 11.6 Å². The summed E-state index contributed by atoms with van der Waals surface area (Å²) < 4.78 is 25.2. The standard InChI is InChI=1S/C16H19FN4O2/c1-2-22-12-8-19-16(20-9-12)21-14-4-3-11(7-13(14)17)15-10-18-5-6-23-15/h3-4,7-9,15,18H,2,5-6,10H2,1H3,(H,19,20,21)/t15-/m1/s1. The van der Waals surface area contributed by atoms with Gasteiger partial charge in [-0.25, -0.2) is 14.4 Å². The molecule has 122 valence electrons. The van der Waals surface area contributed by atoms with Gasteiger partial charge in [-0.1, -0.05) is 6.07 Å². The molecule has 0 saturated carbocycles. The minimum absolute atomic E-state index is 0.117. The van der Waals surface area contributed by atoms with Gasteiger partial charge in [-0.15, -0.1) is 0 Å². The normalized spacial score (nSPS) is 17.7. The second-order valence-corrected chi connectivity index (χ2v) is 5.10. The van der Waals surface area contributed by atoms with Gasteiger partial charge in [0.05, 0.1) is 37.4 Å². The fraction of sp³-hybridized carbons (Fsp3) is 0.375. The van der Waals surface area contributed by atoms with E-state index >= 15 is 0 Å². The van der Waals surface area contributed by atoms with Crippen molar-refractivity contribution in [2.24, 2.45) is 0 Å². The molecular formula is C16H19FN4O2. The van der Waals surface area contributed by atoms with E-state index in [-0.39, 0.29) is 11.9 Å². The summed E-state index contributed by atoms with van der Waals surface area (Å²) in [5.74, 6) is 0.528. The lowest BCUT2D eigenvalue weighted by Gasteiger charge is -2.24. The lowest BCUT2D eigenvalue weighted by Crippen LogP contribution is -2.33. The molecule has 1 saturated heterocycles. The third-order valence-electron chi connectivity index (χ3n) is 3.48. The molecule has 1 aliphatic heterocycles. The highest BCUT2D eigenvalue weighted by Gasteiger charge is 2.17. The van der Waals surface area contributed by atoms with Crippen molar-refractivity contribution in [3.8, 4) is 5.75 Å². The van der Waals surface area contributed by atoms with Crippen molar-refractivity contribution in [2.75, 3.05) is 31.6 Å². The number of benzene rings is 1. The second kappa shape index (κ2) is 7.34. The van der Waals surface area contributed by atoms with Crippen molar-refractivity contribution in [2.45, 2.75) is 13.0 Å². The average molecular weight is 318 g/mol. The predicted octanol–water partition coefficient (Wildman–Crippen LogP) is 2.42. The first-order valence-corrected chi connectivity index (χ1v) is 7.60. The molecule has 6 nitrogen and oxygen atoms in total. The van der Waals surface area contributed by atoms with Gasteiger partial charge >= 0.3 is 0 Å². The van der Waals surface area contributed by atoms with Crippen molar-refractivity contribution in [3.63, 3.8) is 0 Å². The number of rotatable bonds is 5. The van der Waals surface area contributed by atoms with E-state index in [9.17, 15) is 4.39 Å². The predicted molar refractivity (Wildman–Crippen MR) is 84.4 cm³/mol. The Hall–Kier alpha value is -2.25. The summed E-state index contributed by atoms with van der Waals surface area (Å²) in [5.41, 5.74) is 1.13. The number of hydrogen-bond acceptors (Lipinski definition) is 6. The minimum Gasteiger partial charge on any atom is -0.491 e. The van der Waals surface area contributed by atoms with E-state index in [0.717, 1.165) is 12.1 Å². The van der Waals surface area contributed by atoms with E-state index in [2.05, 4.69) is 20.6 Å². The van der Waals surface area contributed by atoms with E-state index < -0.39 is 0 Å². The van der Waals surface area contributed by atoms with Crippen LogP contribution < -0.4 is 15.4 Å². The summed E-state index contributed by atoms with van der Waals surface area (Å²) >= 11 is 0. The molecule has 23 heavy (non-hydrogen) atoms. The Balaban J connectivity index is 1.70. The molecule has 2 aromatic rings. The van der Waals surface area contributed by atoms with Gasteiger partial charge in [0.15, 0.2) is 5.75 Å². The zero-order chi connectivity index (χ0) is 16.1. The van der Waals surface area contributed by atoms with Gasteiger partial charge in [0.1, 0.15) is 5.82 Å². The SMILES string of the molecule is CCOc1cnc(Nc2ccc([C@H]3CNCCO3)cc2F)nc1. The summed E-state index contributed by atoms with van der Waals surface area (Å²) in [5, 5.41) is 6.09. The van der Waals surface area contributed by atoms with Crippen molar-refractivity contribution in [1.29, 1.82) is 0 Å². The number of anilines is 2. The first kappa shape index (κ1) is 15.6. The zero-order valence-electron chi connectivity index (χ0n) is 12.9. The molecule has 2 N–H and O–H groups in total. The quantitative estimate of drug-likeness (QED) is 0.882. The Morgan fingerprint density at radius 3 is 2.87 bits per heavy atom. The van der Waals surface area contributed by atoms with Crippen LogP contribution in [0.5, 0.6) is 5.75 Å². The van der Waals surface area contributed by atoms with Gasteiger partial charge in [-0.05, 0) is 24.6 Å². The van der Waals surface area contributed by atoms with Crippen LogP contribution in [-0.4, -0.2) is 36.3 Å². The van der Waals surface area contributed by atoms with E-state index in [4.69, 9.17) is 9.47 Å². The van der Waals surface area contributed by atoms with Gasteiger partial charge in [0, 0.05) is 13.1 Å². The number of aromatic nitrogens is 2. The molecular weight excluding hydrogens is 299 g/mol. The summed E-state index contributed by atoms with van der Waals surface area (Å²) in [6, 6.07) is 4.99. The Morgan fingerprint density at radius 2 is 2.22 bits per heavy atom. The lowest BCUT2D eigenvalue weighted by molar-refractivity contribution is 0.0275. The van der Waals surface area contributed by atoms with E-state index in [1.165, 1.54) is 6.07 Å². The lowest BCUT2D eigenvalue weighted by atomic mass is 10.1. The van der Waals surface area contributed by atoms with Crippen LogP contribution in [0.3, 0.4) is 0 Å². The van der Waals surface area contributed by atoms with Crippen molar-refractivity contribution in [3.05, 3.63) is 42.0 Å². The Labute approximate surface area is 134 Å². The van der Waals surface area contributed by atoms with Crippen LogP contribution in [0.25, 0.3) is 0 Å². The molecule has 1 atom stereocenters. The molecule has 0 bridgehead atoms. The van der Waals surface area contributed by atoms with E-state index in [0.29, 0.717) is 37.1 Å². The summed E-state index contributed by atoms with van der Waals surface area (Å²) in [6.07, 6.45) is 2.98. The molecule has 0 radical (unpaired) electrons. The largest absolute Gasteiger partial charge is 0.491 e. The van der Waals surface area contributed by atoms with Crippen molar-refractivity contribution in [1.82, 2.24) is 15.3 Å². The summed E-state index contributed by atoms with van der Waals surface area (Å²) in [6.45, 7) is 4.58. The number of nitrogens with one attached hydrogen (secondary N) is 2. The molecule has 0 unspecified atom stereocenters.